The molecule has 0 bridgehead atoms. The van der Waals surface area contributed by atoms with E-state index in [2.05, 4.69) is 57.3 Å². The number of likely N-dealkylation sites (tertiary alicyclic amines) is 1. The number of hydrogen-bond acceptors (Lipinski definition) is 9. The first-order valence-electron chi connectivity index (χ1n) is 11.5. The van der Waals surface area contributed by atoms with Crippen LogP contribution in [0.25, 0.3) is 0 Å². The van der Waals surface area contributed by atoms with Crippen LogP contribution < -0.4 is 21.3 Å². The minimum Gasteiger partial charge on any atom is -0.366 e. The van der Waals surface area contributed by atoms with Crippen molar-refractivity contribution in [1.82, 2.24) is 19.9 Å². The van der Waals surface area contributed by atoms with Gasteiger partial charge in [-0.3, -0.25) is 4.79 Å². The van der Waals surface area contributed by atoms with Gasteiger partial charge >= 0.3 is 0 Å². The van der Waals surface area contributed by atoms with E-state index in [4.69, 9.17) is 11.0 Å². The van der Waals surface area contributed by atoms with Crippen LogP contribution in [0.5, 0.6) is 0 Å². The van der Waals surface area contributed by atoms with Crippen LogP contribution in [0.3, 0.4) is 0 Å². The monoisotopic (exact) mass is 465 g/mol. The molecule has 10 nitrogen and oxygen atoms in total. The Hall–Kier alpha value is -3.45. The maximum atomic E-state index is 11.6. The van der Waals surface area contributed by atoms with E-state index < -0.39 is 5.91 Å². The van der Waals surface area contributed by atoms with Gasteiger partial charge in [-0.15, -0.1) is 0 Å². The van der Waals surface area contributed by atoms with Crippen molar-refractivity contribution in [1.29, 1.82) is 5.26 Å². The third-order valence-electron chi connectivity index (χ3n) is 5.59. The van der Waals surface area contributed by atoms with Crippen molar-refractivity contribution in [3.8, 4) is 6.07 Å². The smallest absolute Gasteiger partial charge is 0.248 e. The maximum absolute atomic E-state index is 11.6. The van der Waals surface area contributed by atoms with Gasteiger partial charge in [-0.25, -0.2) is 0 Å². The standard InChI is InChI=1S/C24H35N9O/c1-16-7-8-17(20(26)34)13-19(16)28-22-29-21(27-18-9-12-33(14-18)11-6-10-25)30-23(31-22)32(5)15-24(2,3)4/h7-8,13,18H,6,9,11-12,14-15H2,1-5H3,(H2,26,34)(H2,27,28,29,30,31)/t18-/m0/s1. The van der Waals surface area contributed by atoms with Gasteiger partial charge in [-0.05, 0) is 36.5 Å². The largest absolute Gasteiger partial charge is 0.366 e. The van der Waals surface area contributed by atoms with Crippen LogP contribution in [0.2, 0.25) is 0 Å². The van der Waals surface area contributed by atoms with Gasteiger partial charge in [0.15, 0.2) is 0 Å². The lowest BCUT2D eigenvalue weighted by Crippen LogP contribution is -2.31. The summed E-state index contributed by atoms with van der Waals surface area (Å²) in [6, 6.07) is 7.64. The van der Waals surface area contributed by atoms with Crippen molar-refractivity contribution < 1.29 is 4.79 Å². The molecule has 4 N–H and O–H groups in total. The molecule has 1 amide bonds. The van der Waals surface area contributed by atoms with Crippen LogP contribution in [-0.2, 0) is 0 Å². The molecule has 0 aliphatic carbocycles. The molecule has 1 fully saturated rings. The summed E-state index contributed by atoms with van der Waals surface area (Å²) in [7, 11) is 1.96. The fraction of sp³-hybridized carbons (Fsp3) is 0.542. The molecule has 1 aliphatic heterocycles. The number of aromatic nitrogens is 3. The quantitative estimate of drug-likeness (QED) is 0.510. The Kier molecular flexibility index (Phi) is 7.89. The number of anilines is 4. The van der Waals surface area contributed by atoms with E-state index >= 15 is 0 Å². The molecular weight excluding hydrogens is 430 g/mol. The number of aryl methyl sites for hydroxylation is 1. The van der Waals surface area contributed by atoms with Gasteiger partial charge in [-0.2, -0.15) is 20.2 Å². The maximum Gasteiger partial charge on any atom is 0.248 e. The lowest BCUT2D eigenvalue weighted by atomic mass is 9.96. The summed E-state index contributed by atoms with van der Waals surface area (Å²) in [6.45, 7) is 11.7. The molecule has 0 saturated carbocycles. The lowest BCUT2D eigenvalue weighted by molar-refractivity contribution is 0.100. The zero-order valence-electron chi connectivity index (χ0n) is 20.7. The van der Waals surface area contributed by atoms with E-state index in [0.29, 0.717) is 35.5 Å². The number of benzene rings is 1. The topological polar surface area (TPSA) is 136 Å². The second kappa shape index (κ2) is 10.7. The Morgan fingerprint density at radius 1 is 1.29 bits per heavy atom. The van der Waals surface area contributed by atoms with E-state index in [9.17, 15) is 4.79 Å². The third-order valence-corrected chi connectivity index (χ3v) is 5.59. The second-order valence-corrected chi connectivity index (χ2v) is 10.1. The molecule has 34 heavy (non-hydrogen) atoms. The van der Waals surface area contributed by atoms with E-state index in [1.807, 2.05) is 24.9 Å². The Balaban J connectivity index is 1.87. The van der Waals surface area contributed by atoms with Crippen molar-refractivity contribution in [2.24, 2.45) is 11.1 Å². The molecule has 2 heterocycles. The molecule has 10 heteroatoms. The first-order chi connectivity index (χ1) is 16.0. The number of carbonyl (C=O) groups excluding carboxylic acids is 1. The molecular formula is C24H35N9O. The predicted octanol–water partition coefficient (Wildman–Crippen LogP) is 2.90. The van der Waals surface area contributed by atoms with Gasteiger partial charge in [0.2, 0.25) is 23.8 Å². The molecule has 0 spiro atoms. The summed E-state index contributed by atoms with van der Waals surface area (Å²) >= 11 is 0. The summed E-state index contributed by atoms with van der Waals surface area (Å²) in [5.74, 6) is 0.938. The SMILES string of the molecule is Cc1ccc(C(N)=O)cc1Nc1nc(N[C@H]2CCN(CCC#N)C2)nc(N(C)CC(C)(C)C)n1. The van der Waals surface area contributed by atoms with Crippen molar-refractivity contribution >= 4 is 29.4 Å². The molecule has 1 aromatic carbocycles. The van der Waals surface area contributed by atoms with Gasteiger partial charge in [-0.1, -0.05) is 26.8 Å². The molecule has 1 atom stereocenters. The van der Waals surface area contributed by atoms with Crippen molar-refractivity contribution in [2.75, 3.05) is 48.8 Å². The zero-order chi connectivity index (χ0) is 24.9. The Morgan fingerprint density at radius 2 is 2.03 bits per heavy atom. The molecule has 0 unspecified atom stereocenters. The Morgan fingerprint density at radius 3 is 2.71 bits per heavy atom. The van der Waals surface area contributed by atoms with Gasteiger partial charge in [0.1, 0.15) is 0 Å². The molecule has 2 aromatic rings. The van der Waals surface area contributed by atoms with Crippen LogP contribution >= 0.6 is 0 Å². The van der Waals surface area contributed by atoms with Crippen LogP contribution in [0.4, 0.5) is 23.5 Å². The number of carbonyl (C=O) groups is 1. The molecule has 1 aromatic heterocycles. The minimum absolute atomic E-state index is 0.0572. The fourth-order valence-electron chi connectivity index (χ4n) is 4.01. The van der Waals surface area contributed by atoms with Gasteiger partial charge in [0.25, 0.3) is 0 Å². The zero-order valence-corrected chi connectivity index (χ0v) is 20.7. The van der Waals surface area contributed by atoms with Crippen LogP contribution in [0.1, 0.15) is 49.5 Å². The number of rotatable bonds is 9. The minimum atomic E-state index is -0.492. The highest BCUT2D eigenvalue weighted by molar-refractivity contribution is 5.94. The van der Waals surface area contributed by atoms with E-state index in [1.165, 1.54) is 0 Å². The Labute approximate surface area is 201 Å². The van der Waals surface area contributed by atoms with Gasteiger partial charge in [0.05, 0.1) is 6.07 Å². The third kappa shape index (κ3) is 7.02. The van der Waals surface area contributed by atoms with Gasteiger partial charge < -0.3 is 26.2 Å². The first-order valence-corrected chi connectivity index (χ1v) is 11.5. The van der Waals surface area contributed by atoms with Crippen molar-refractivity contribution in [2.45, 2.75) is 46.6 Å². The number of nitrogens with two attached hydrogens (primary N) is 1. The van der Waals surface area contributed by atoms with Crippen LogP contribution in [0, 0.1) is 23.7 Å². The average molecular weight is 466 g/mol. The number of nitrogens with zero attached hydrogens (tertiary/aromatic N) is 6. The summed E-state index contributed by atoms with van der Waals surface area (Å²) in [5, 5.41) is 15.5. The highest BCUT2D eigenvalue weighted by Crippen LogP contribution is 2.24. The number of nitrogens with one attached hydrogen (secondary N) is 2. The predicted molar refractivity (Wildman–Crippen MR) is 134 cm³/mol. The van der Waals surface area contributed by atoms with Crippen molar-refractivity contribution in [3.63, 3.8) is 0 Å². The van der Waals surface area contributed by atoms with Gasteiger partial charge in [0, 0.05) is 56.9 Å². The summed E-state index contributed by atoms with van der Waals surface area (Å²) < 4.78 is 0. The number of primary amides is 1. The molecule has 0 radical (unpaired) electrons. The number of hydrogen-bond donors (Lipinski definition) is 3. The Bertz CT molecular complexity index is 1060. The number of nitriles is 1. The molecule has 1 saturated heterocycles. The van der Waals surface area contributed by atoms with E-state index in [0.717, 1.165) is 38.2 Å². The van der Waals surface area contributed by atoms with E-state index in [1.54, 1.807) is 12.1 Å². The summed E-state index contributed by atoms with van der Waals surface area (Å²) in [5.41, 5.74) is 7.58. The normalized spacial score (nSPS) is 16.2. The van der Waals surface area contributed by atoms with Crippen molar-refractivity contribution in [3.05, 3.63) is 29.3 Å². The second-order valence-electron chi connectivity index (χ2n) is 10.1. The lowest BCUT2D eigenvalue weighted by Gasteiger charge is -2.27. The average Bonchev–Trinajstić information content (AvgIpc) is 3.19. The molecule has 182 valence electrons. The first kappa shape index (κ1) is 25.2. The molecule has 1 aliphatic rings. The summed E-state index contributed by atoms with van der Waals surface area (Å²) in [4.78, 5) is 29.9. The van der Waals surface area contributed by atoms with Crippen LogP contribution in [0.15, 0.2) is 18.2 Å². The van der Waals surface area contributed by atoms with E-state index in [-0.39, 0.29) is 11.5 Å². The number of amides is 1. The highest BCUT2D eigenvalue weighted by atomic mass is 16.1. The molecule has 3 rings (SSSR count). The highest BCUT2D eigenvalue weighted by Gasteiger charge is 2.24. The fourth-order valence-corrected chi connectivity index (χ4v) is 4.01. The summed E-state index contributed by atoms with van der Waals surface area (Å²) in [6.07, 6.45) is 1.48. The van der Waals surface area contributed by atoms with Crippen LogP contribution in [-0.4, -0.2) is 65.0 Å².